The van der Waals surface area contributed by atoms with Gasteiger partial charge in [-0.15, -0.1) is 0 Å². The lowest BCUT2D eigenvalue weighted by Gasteiger charge is -2.09. The van der Waals surface area contributed by atoms with E-state index < -0.39 is 6.10 Å². The van der Waals surface area contributed by atoms with Gasteiger partial charge in [-0.3, -0.25) is 0 Å². The van der Waals surface area contributed by atoms with Crippen LogP contribution in [0.25, 0.3) is 10.8 Å². The van der Waals surface area contributed by atoms with E-state index in [1.807, 2.05) is 30.3 Å². The third-order valence-corrected chi connectivity index (χ3v) is 3.45. The van der Waals surface area contributed by atoms with Crippen molar-refractivity contribution in [2.45, 2.75) is 6.10 Å². The second-order valence-corrected chi connectivity index (χ2v) is 5.08. The van der Waals surface area contributed by atoms with E-state index in [-0.39, 0.29) is 0 Å². The van der Waals surface area contributed by atoms with Gasteiger partial charge in [-0.05, 0) is 46.7 Å². The highest BCUT2D eigenvalue weighted by atomic mass is 79.9. The third kappa shape index (κ3) is 2.07. The van der Waals surface area contributed by atoms with Gasteiger partial charge in [0.05, 0.1) is 6.26 Å². The standard InChI is InChI=1S/C15H11BrO2/c16-13-6-5-10-8-12(4-3-11(10)9-13)15(17)14-2-1-7-18-14/h1-9,15,17H. The molecular weight excluding hydrogens is 292 g/mol. The Labute approximate surface area is 113 Å². The summed E-state index contributed by atoms with van der Waals surface area (Å²) < 4.78 is 6.27. The van der Waals surface area contributed by atoms with Gasteiger partial charge in [0.25, 0.3) is 0 Å². The minimum absolute atomic E-state index is 0.562. The van der Waals surface area contributed by atoms with E-state index in [4.69, 9.17) is 4.42 Å². The predicted octanol–water partition coefficient (Wildman–Crippen LogP) is 4.28. The van der Waals surface area contributed by atoms with Crippen LogP contribution in [-0.2, 0) is 0 Å². The molecule has 0 fully saturated rings. The van der Waals surface area contributed by atoms with Crippen molar-refractivity contribution in [3.8, 4) is 0 Å². The Kier molecular flexibility index (Phi) is 2.94. The number of benzene rings is 2. The quantitative estimate of drug-likeness (QED) is 0.766. The largest absolute Gasteiger partial charge is 0.466 e. The minimum atomic E-state index is -0.715. The number of aliphatic hydroxyl groups excluding tert-OH is 1. The van der Waals surface area contributed by atoms with Gasteiger partial charge < -0.3 is 9.52 Å². The Hall–Kier alpha value is -1.58. The van der Waals surface area contributed by atoms with Crippen LogP contribution in [-0.4, -0.2) is 5.11 Å². The van der Waals surface area contributed by atoms with Crippen LogP contribution < -0.4 is 0 Å². The maximum Gasteiger partial charge on any atom is 0.137 e. The zero-order valence-electron chi connectivity index (χ0n) is 9.51. The Morgan fingerprint density at radius 2 is 1.78 bits per heavy atom. The first kappa shape index (κ1) is 11.5. The molecule has 0 aliphatic heterocycles. The number of furan rings is 1. The monoisotopic (exact) mass is 302 g/mol. The maximum absolute atomic E-state index is 10.2. The molecule has 1 aromatic heterocycles. The highest BCUT2D eigenvalue weighted by Crippen LogP contribution is 2.27. The van der Waals surface area contributed by atoms with Crippen LogP contribution in [0.4, 0.5) is 0 Å². The molecule has 3 rings (SSSR count). The van der Waals surface area contributed by atoms with Crippen molar-refractivity contribution in [3.05, 3.63) is 70.6 Å². The summed E-state index contributed by atoms with van der Waals surface area (Å²) in [5.74, 6) is 0.562. The van der Waals surface area contributed by atoms with E-state index in [9.17, 15) is 5.11 Å². The van der Waals surface area contributed by atoms with Gasteiger partial charge in [-0.2, -0.15) is 0 Å². The molecule has 0 saturated carbocycles. The highest BCUT2D eigenvalue weighted by Gasteiger charge is 2.13. The summed E-state index contributed by atoms with van der Waals surface area (Å²) in [6.07, 6.45) is 0.851. The lowest BCUT2D eigenvalue weighted by molar-refractivity contribution is 0.189. The fourth-order valence-corrected chi connectivity index (χ4v) is 2.40. The average Bonchev–Trinajstić information content (AvgIpc) is 2.91. The molecule has 0 amide bonds. The first-order valence-corrected chi connectivity index (χ1v) is 6.44. The summed E-state index contributed by atoms with van der Waals surface area (Å²) >= 11 is 3.45. The average molecular weight is 303 g/mol. The van der Waals surface area contributed by atoms with Crippen LogP contribution in [0, 0.1) is 0 Å². The van der Waals surface area contributed by atoms with E-state index in [2.05, 4.69) is 22.0 Å². The van der Waals surface area contributed by atoms with Crippen molar-refractivity contribution in [1.82, 2.24) is 0 Å². The molecule has 2 nitrogen and oxygen atoms in total. The molecule has 0 aliphatic rings. The molecule has 1 heterocycles. The first-order valence-electron chi connectivity index (χ1n) is 5.65. The second-order valence-electron chi connectivity index (χ2n) is 4.17. The van der Waals surface area contributed by atoms with Crippen LogP contribution in [0.15, 0.2) is 63.7 Å². The lowest BCUT2D eigenvalue weighted by Crippen LogP contribution is -1.97. The normalized spacial score (nSPS) is 12.8. The molecule has 18 heavy (non-hydrogen) atoms. The Morgan fingerprint density at radius 1 is 1.00 bits per heavy atom. The van der Waals surface area contributed by atoms with Crippen LogP contribution >= 0.6 is 15.9 Å². The summed E-state index contributed by atoms with van der Waals surface area (Å²) in [5.41, 5.74) is 0.833. The van der Waals surface area contributed by atoms with Crippen molar-refractivity contribution in [2.75, 3.05) is 0 Å². The Morgan fingerprint density at radius 3 is 2.56 bits per heavy atom. The summed E-state index contributed by atoms with van der Waals surface area (Å²) in [5, 5.41) is 12.4. The summed E-state index contributed by atoms with van der Waals surface area (Å²) in [7, 11) is 0. The molecule has 1 unspecified atom stereocenters. The molecule has 1 atom stereocenters. The molecule has 3 heteroatoms. The smallest absolute Gasteiger partial charge is 0.137 e. The van der Waals surface area contributed by atoms with Crippen molar-refractivity contribution < 1.29 is 9.52 Å². The van der Waals surface area contributed by atoms with Crippen molar-refractivity contribution in [1.29, 1.82) is 0 Å². The van der Waals surface area contributed by atoms with Crippen LogP contribution in [0.2, 0.25) is 0 Å². The number of hydrogen-bond acceptors (Lipinski definition) is 2. The van der Waals surface area contributed by atoms with Crippen LogP contribution in [0.3, 0.4) is 0 Å². The second kappa shape index (κ2) is 4.59. The third-order valence-electron chi connectivity index (χ3n) is 2.95. The molecule has 90 valence electrons. The Bertz CT molecular complexity index is 674. The molecule has 0 aliphatic carbocycles. The van der Waals surface area contributed by atoms with Crippen molar-refractivity contribution >= 4 is 26.7 Å². The van der Waals surface area contributed by atoms with Crippen molar-refractivity contribution in [2.24, 2.45) is 0 Å². The minimum Gasteiger partial charge on any atom is -0.466 e. The first-order chi connectivity index (χ1) is 8.74. The van der Waals surface area contributed by atoms with Gasteiger partial charge in [0.2, 0.25) is 0 Å². The molecule has 3 aromatic rings. The van der Waals surface area contributed by atoms with Gasteiger partial charge in [0.15, 0.2) is 0 Å². The zero-order chi connectivity index (χ0) is 12.5. The molecule has 0 bridgehead atoms. The van der Waals surface area contributed by atoms with E-state index in [0.717, 1.165) is 20.8 Å². The summed E-state index contributed by atoms with van der Waals surface area (Å²) in [6, 6.07) is 15.5. The number of aliphatic hydroxyl groups is 1. The van der Waals surface area contributed by atoms with Gasteiger partial charge in [0.1, 0.15) is 11.9 Å². The van der Waals surface area contributed by atoms with E-state index in [0.29, 0.717) is 5.76 Å². The maximum atomic E-state index is 10.2. The van der Waals surface area contributed by atoms with Crippen LogP contribution in [0.1, 0.15) is 17.4 Å². The molecule has 0 radical (unpaired) electrons. The molecule has 0 spiro atoms. The van der Waals surface area contributed by atoms with Crippen molar-refractivity contribution in [3.63, 3.8) is 0 Å². The number of fused-ring (bicyclic) bond motifs is 1. The van der Waals surface area contributed by atoms with Gasteiger partial charge >= 0.3 is 0 Å². The van der Waals surface area contributed by atoms with Crippen LogP contribution in [0.5, 0.6) is 0 Å². The fraction of sp³-hybridized carbons (Fsp3) is 0.0667. The molecular formula is C15H11BrO2. The number of hydrogen-bond donors (Lipinski definition) is 1. The van der Waals surface area contributed by atoms with E-state index >= 15 is 0 Å². The summed E-state index contributed by atoms with van der Waals surface area (Å²) in [4.78, 5) is 0. The van der Waals surface area contributed by atoms with Gasteiger partial charge in [-0.25, -0.2) is 0 Å². The number of rotatable bonds is 2. The number of halogens is 1. The van der Waals surface area contributed by atoms with Gasteiger partial charge in [0, 0.05) is 4.47 Å². The summed E-state index contributed by atoms with van der Waals surface area (Å²) in [6.45, 7) is 0. The SMILES string of the molecule is OC(c1ccc2cc(Br)ccc2c1)c1ccco1. The van der Waals surface area contributed by atoms with Gasteiger partial charge in [-0.1, -0.05) is 34.1 Å². The topological polar surface area (TPSA) is 33.4 Å². The molecule has 2 aromatic carbocycles. The van der Waals surface area contributed by atoms with E-state index in [1.165, 1.54) is 0 Å². The Balaban J connectivity index is 2.06. The predicted molar refractivity (Wildman–Crippen MR) is 74.4 cm³/mol. The van der Waals surface area contributed by atoms with E-state index in [1.54, 1.807) is 18.4 Å². The fourth-order valence-electron chi connectivity index (χ4n) is 2.02. The zero-order valence-corrected chi connectivity index (χ0v) is 11.1. The molecule has 1 N–H and O–H groups in total. The highest BCUT2D eigenvalue weighted by molar-refractivity contribution is 9.10. The molecule has 0 saturated heterocycles. The lowest BCUT2D eigenvalue weighted by atomic mass is 10.0.